The number of aromatic nitrogens is 1. The molecule has 2 aliphatic rings. The normalized spacial score (nSPS) is 20.6. The Morgan fingerprint density at radius 2 is 1.86 bits per heavy atom. The summed E-state index contributed by atoms with van der Waals surface area (Å²) in [5.41, 5.74) is 3.05. The molecule has 0 saturated carbocycles. The first kappa shape index (κ1) is 26.7. The molecule has 2 amide bonds. The van der Waals surface area contributed by atoms with Crippen molar-refractivity contribution in [1.29, 1.82) is 0 Å². The summed E-state index contributed by atoms with van der Waals surface area (Å²) in [6, 6.07) is 10.7. The van der Waals surface area contributed by atoms with Crippen molar-refractivity contribution in [1.82, 2.24) is 15.2 Å². The van der Waals surface area contributed by atoms with Gasteiger partial charge in [-0.15, -0.1) is 0 Å². The number of rotatable bonds is 6. The van der Waals surface area contributed by atoms with E-state index in [4.69, 9.17) is 0 Å². The second kappa shape index (κ2) is 10.2. The van der Waals surface area contributed by atoms with E-state index in [-0.39, 0.29) is 25.2 Å². The van der Waals surface area contributed by atoms with Crippen molar-refractivity contribution in [3.63, 3.8) is 0 Å². The predicted octanol–water partition coefficient (Wildman–Crippen LogP) is 3.59. The molecule has 4 rings (SSSR count). The van der Waals surface area contributed by atoms with Gasteiger partial charge in [-0.1, -0.05) is 43.3 Å². The zero-order valence-corrected chi connectivity index (χ0v) is 20.6. The van der Waals surface area contributed by atoms with Gasteiger partial charge in [-0.2, -0.15) is 13.2 Å². The summed E-state index contributed by atoms with van der Waals surface area (Å²) >= 11 is 0. The summed E-state index contributed by atoms with van der Waals surface area (Å²) in [6.07, 6.45) is -1.51. The van der Waals surface area contributed by atoms with Gasteiger partial charge in [0.05, 0.1) is 5.56 Å². The average Bonchev–Trinajstić information content (AvgIpc) is 3.23. The molecule has 2 heterocycles. The third kappa shape index (κ3) is 5.35. The van der Waals surface area contributed by atoms with Gasteiger partial charge in [-0.05, 0) is 49.0 Å². The van der Waals surface area contributed by atoms with Crippen LogP contribution in [-0.4, -0.2) is 57.0 Å². The summed E-state index contributed by atoms with van der Waals surface area (Å²) in [5, 5.41) is 22.2. The molecule has 7 nitrogen and oxygen atoms in total. The van der Waals surface area contributed by atoms with Gasteiger partial charge < -0.3 is 25.4 Å². The van der Waals surface area contributed by atoms with Crippen LogP contribution >= 0.6 is 0 Å². The molecular weight excluding hydrogens is 487 g/mol. The summed E-state index contributed by atoms with van der Waals surface area (Å²) in [6.45, 7) is 1.92. The third-order valence-corrected chi connectivity index (χ3v) is 7.10. The van der Waals surface area contributed by atoms with E-state index < -0.39 is 35.4 Å². The average molecular weight is 518 g/mol. The fourth-order valence-corrected chi connectivity index (χ4v) is 5.01. The lowest BCUT2D eigenvalue weighted by molar-refractivity contribution is -0.330. The number of fused-ring (bicyclic) bond motifs is 1. The summed E-state index contributed by atoms with van der Waals surface area (Å²) in [5.74, 6) is -5.27. The lowest BCUT2D eigenvalue weighted by atomic mass is 9.84. The van der Waals surface area contributed by atoms with Gasteiger partial charge in [0.25, 0.3) is 11.7 Å². The number of allylic oxidation sites excluding steroid dienone is 3. The standard InChI is InChI=1S/C27H30F3N3O4/c1-3-21-20(15-19(31-21)13-16-7-5-4-6-8-16)24(34)32-22-11-9-17-14-18(26(36,37)27(28,29)30)10-12-23(17)33(2)25(22)35/h4-8,10,12,15,17,22,31,36-37H,3,9,11,13-14H2,1-2H3,(H,32,34). The van der Waals surface area contributed by atoms with E-state index >= 15 is 0 Å². The zero-order chi connectivity index (χ0) is 27.0. The number of nitrogens with zero attached hydrogens (tertiary/aromatic N) is 1. The Kier molecular flexibility index (Phi) is 7.34. The fourth-order valence-electron chi connectivity index (χ4n) is 5.01. The quantitative estimate of drug-likeness (QED) is 0.440. The monoisotopic (exact) mass is 517 g/mol. The minimum absolute atomic E-state index is 0.197. The molecule has 0 spiro atoms. The lowest BCUT2D eigenvalue weighted by Gasteiger charge is -2.34. The van der Waals surface area contributed by atoms with Gasteiger partial charge in [0.15, 0.2) is 0 Å². The first-order valence-electron chi connectivity index (χ1n) is 12.2. The smallest absolute Gasteiger partial charge is 0.361 e. The number of carbonyl (C=O) groups excluding carboxylic acids is 2. The molecule has 2 atom stereocenters. The number of nitrogens with one attached hydrogen (secondary N) is 2. The highest BCUT2D eigenvalue weighted by Gasteiger charge is 2.56. The molecule has 4 N–H and O–H groups in total. The van der Waals surface area contributed by atoms with Crippen LogP contribution in [0.3, 0.4) is 0 Å². The first-order valence-corrected chi connectivity index (χ1v) is 12.2. The molecule has 0 bridgehead atoms. The molecule has 2 aromatic rings. The molecule has 0 radical (unpaired) electrons. The van der Waals surface area contributed by atoms with E-state index in [2.05, 4.69) is 10.3 Å². The summed E-state index contributed by atoms with van der Waals surface area (Å²) in [7, 11) is 1.51. The highest BCUT2D eigenvalue weighted by molar-refractivity contribution is 5.99. The van der Waals surface area contributed by atoms with Gasteiger partial charge in [-0.3, -0.25) is 9.59 Å². The number of aliphatic hydroxyl groups is 2. The minimum Gasteiger partial charge on any atom is -0.361 e. The van der Waals surface area contributed by atoms with Crippen LogP contribution in [0, 0.1) is 5.92 Å². The molecule has 198 valence electrons. The Hall–Kier alpha value is -3.37. The van der Waals surface area contributed by atoms with Crippen molar-refractivity contribution in [2.75, 3.05) is 7.05 Å². The van der Waals surface area contributed by atoms with Crippen molar-refractivity contribution < 1.29 is 33.0 Å². The number of amides is 2. The second-order valence-corrected chi connectivity index (χ2v) is 9.56. The van der Waals surface area contributed by atoms with Crippen LogP contribution < -0.4 is 5.32 Å². The molecule has 1 aromatic carbocycles. The van der Waals surface area contributed by atoms with Crippen LogP contribution in [0.5, 0.6) is 0 Å². The maximum atomic E-state index is 13.2. The third-order valence-electron chi connectivity index (χ3n) is 7.10. The van der Waals surface area contributed by atoms with Gasteiger partial charge in [0.1, 0.15) is 6.04 Å². The molecule has 1 fully saturated rings. The number of alkyl halides is 3. The number of aromatic amines is 1. The predicted molar refractivity (Wildman–Crippen MR) is 130 cm³/mol. The number of benzene rings is 1. The Bertz CT molecular complexity index is 1230. The van der Waals surface area contributed by atoms with Crippen LogP contribution in [0.1, 0.15) is 53.5 Å². The number of hydrogen-bond acceptors (Lipinski definition) is 4. The van der Waals surface area contributed by atoms with Crippen LogP contribution in [0.2, 0.25) is 0 Å². The number of aryl methyl sites for hydroxylation is 1. The summed E-state index contributed by atoms with van der Waals surface area (Å²) in [4.78, 5) is 31.0. The van der Waals surface area contributed by atoms with E-state index in [1.54, 1.807) is 6.07 Å². The Balaban J connectivity index is 1.49. The molecule has 1 aliphatic carbocycles. The van der Waals surface area contributed by atoms with E-state index in [0.29, 0.717) is 24.1 Å². The van der Waals surface area contributed by atoms with E-state index in [1.807, 2.05) is 37.3 Å². The highest BCUT2D eigenvalue weighted by atomic mass is 19.4. The largest absolute Gasteiger partial charge is 0.447 e. The highest BCUT2D eigenvalue weighted by Crippen LogP contribution is 2.42. The minimum atomic E-state index is -5.25. The number of H-pyrrole nitrogens is 1. The molecular formula is C27H30F3N3O4. The summed E-state index contributed by atoms with van der Waals surface area (Å²) < 4.78 is 39.4. The van der Waals surface area contributed by atoms with Gasteiger partial charge in [-0.25, -0.2) is 0 Å². The molecule has 10 heteroatoms. The SMILES string of the molecule is CCc1[nH]c(Cc2ccccc2)cc1C(=O)NC1CCC2CC(C(O)(O)C(F)(F)F)=CC=C2N(C)C1=O. The zero-order valence-electron chi connectivity index (χ0n) is 20.6. The molecule has 37 heavy (non-hydrogen) atoms. The Morgan fingerprint density at radius 3 is 2.51 bits per heavy atom. The van der Waals surface area contributed by atoms with E-state index in [1.165, 1.54) is 18.0 Å². The van der Waals surface area contributed by atoms with Crippen LogP contribution in [0.4, 0.5) is 13.2 Å². The van der Waals surface area contributed by atoms with Crippen molar-refractivity contribution in [2.24, 2.45) is 5.92 Å². The van der Waals surface area contributed by atoms with Crippen molar-refractivity contribution in [2.45, 2.75) is 57.0 Å². The number of likely N-dealkylation sites (N-methyl/N-ethyl adjacent to an activating group) is 1. The Labute approximate surface area is 212 Å². The fraction of sp³-hybridized carbons (Fsp3) is 0.407. The van der Waals surface area contributed by atoms with Crippen LogP contribution in [-0.2, 0) is 17.6 Å². The molecule has 1 aliphatic heterocycles. The van der Waals surface area contributed by atoms with Gasteiger partial charge in [0, 0.05) is 36.5 Å². The molecule has 1 saturated heterocycles. The number of carbonyl (C=O) groups is 2. The van der Waals surface area contributed by atoms with Crippen molar-refractivity contribution in [3.05, 3.63) is 82.3 Å². The first-order chi connectivity index (χ1) is 17.4. The number of hydrogen-bond donors (Lipinski definition) is 4. The topological polar surface area (TPSA) is 106 Å². The molecule has 1 aromatic heterocycles. The Morgan fingerprint density at radius 1 is 1.16 bits per heavy atom. The van der Waals surface area contributed by atoms with Gasteiger partial charge in [0.2, 0.25) is 5.91 Å². The van der Waals surface area contributed by atoms with Gasteiger partial charge >= 0.3 is 6.18 Å². The maximum Gasteiger partial charge on any atom is 0.447 e. The van der Waals surface area contributed by atoms with Crippen LogP contribution in [0.25, 0.3) is 0 Å². The van der Waals surface area contributed by atoms with Crippen LogP contribution in [0.15, 0.2) is 59.8 Å². The maximum absolute atomic E-state index is 13.2. The molecule has 2 unspecified atom stereocenters. The number of likely N-dealkylation sites (tertiary alicyclic amines) is 1. The van der Waals surface area contributed by atoms with E-state index in [9.17, 15) is 33.0 Å². The van der Waals surface area contributed by atoms with Crippen molar-refractivity contribution in [3.8, 4) is 0 Å². The number of halogens is 3. The van der Waals surface area contributed by atoms with Crippen molar-refractivity contribution >= 4 is 11.8 Å². The second-order valence-electron chi connectivity index (χ2n) is 9.56. The van der Waals surface area contributed by atoms with E-state index in [0.717, 1.165) is 23.0 Å². The lowest BCUT2D eigenvalue weighted by Crippen LogP contribution is -2.48.